The van der Waals surface area contributed by atoms with Gasteiger partial charge < -0.3 is 4.90 Å². The lowest BCUT2D eigenvalue weighted by Gasteiger charge is -2.26. The van der Waals surface area contributed by atoms with Gasteiger partial charge in [-0.15, -0.1) is 0 Å². The highest BCUT2D eigenvalue weighted by Gasteiger charge is 2.37. The molecule has 0 aromatic heterocycles. The van der Waals surface area contributed by atoms with Crippen molar-refractivity contribution in [1.82, 2.24) is 10.2 Å². The Bertz CT molecular complexity index is 496. The van der Waals surface area contributed by atoms with Crippen molar-refractivity contribution in [3.05, 3.63) is 34.9 Å². The van der Waals surface area contributed by atoms with Crippen LogP contribution in [-0.4, -0.2) is 23.4 Å². The van der Waals surface area contributed by atoms with E-state index in [1.165, 1.54) is 16.7 Å². The van der Waals surface area contributed by atoms with Gasteiger partial charge in [-0.3, -0.25) is 10.1 Å². The van der Waals surface area contributed by atoms with Gasteiger partial charge in [-0.25, -0.2) is 0 Å². The second kappa shape index (κ2) is 5.96. The van der Waals surface area contributed by atoms with Crippen molar-refractivity contribution in [2.45, 2.75) is 53.2 Å². The second-order valence-electron chi connectivity index (χ2n) is 6.37. The molecule has 1 aliphatic heterocycles. The van der Waals surface area contributed by atoms with Crippen molar-refractivity contribution >= 4 is 5.91 Å². The molecule has 0 saturated carbocycles. The number of benzene rings is 1. The quantitative estimate of drug-likeness (QED) is 0.914. The molecule has 0 radical (unpaired) electrons. The van der Waals surface area contributed by atoms with Crippen molar-refractivity contribution in [2.24, 2.45) is 5.92 Å². The number of carbonyl (C=O) groups is 1. The number of aryl methyl sites for hydroxylation is 2. The Morgan fingerprint density at radius 1 is 1.30 bits per heavy atom. The fourth-order valence-corrected chi connectivity index (χ4v) is 2.80. The summed E-state index contributed by atoms with van der Waals surface area (Å²) in [5, 5.41) is 3.43. The number of rotatable bonds is 4. The summed E-state index contributed by atoms with van der Waals surface area (Å²) in [7, 11) is 0. The Balaban J connectivity index is 2.25. The van der Waals surface area contributed by atoms with E-state index >= 15 is 0 Å². The summed E-state index contributed by atoms with van der Waals surface area (Å²) in [4.78, 5) is 14.3. The summed E-state index contributed by atoms with van der Waals surface area (Å²) >= 11 is 0. The smallest absolute Gasteiger partial charge is 0.241 e. The van der Waals surface area contributed by atoms with E-state index in [2.05, 4.69) is 51.2 Å². The van der Waals surface area contributed by atoms with Crippen LogP contribution < -0.4 is 5.32 Å². The minimum Gasteiger partial charge on any atom is -0.322 e. The van der Waals surface area contributed by atoms with Crippen LogP contribution in [0.2, 0.25) is 0 Å². The van der Waals surface area contributed by atoms with E-state index in [1.54, 1.807) is 0 Å². The maximum Gasteiger partial charge on any atom is 0.241 e. The minimum absolute atomic E-state index is 0.0249. The fraction of sp³-hybridized carbons (Fsp3) is 0.588. The first-order valence-corrected chi connectivity index (χ1v) is 7.54. The molecular weight excluding hydrogens is 248 g/mol. The lowest BCUT2D eigenvalue weighted by Crippen LogP contribution is -2.32. The first-order chi connectivity index (χ1) is 9.40. The second-order valence-corrected chi connectivity index (χ2v) is 6.37. The molecule has 0 bridgehead atoms. The maximum absolute atomic E-state index is 12.3. The van der Waals surface area contributed by atoms with Crippen LogP contribution in [0.4, 0.5) is 0 Å². The Kier molecular flexibility index (Phi) is 4.48. The van der Waals surface area contributed by atoms with Crippen LogP contribution in [0.5, 0.6) is 0 Å². The van der Waals surface area contributed by atoms with Gasteiger partial charge in [0, 0.05) is 6.54 Å². The Labute approximate surface area is 122 Å². The molecule has 1 aromatic rings. The fourth-order valence-electron chi connectivity index (χ4n) is 2.80. The van der Waals surface area contributed by atoms with Gasteiger partial charge in [0.2, 0.25) is 5.91 Å². The number of hydrogen-bond donors (Lipinski definition) is 1. The molecule has 2 unspecified atom stereocenters. The van der Waals surface area contributed by atoms with Crippen molar-refractivity contribution in [2.75, 3.05) is 6.54 Å². The highest BCUT2D eigenvalue weighted by Crippen LogP contribution is 2.28. The zero-order chi connectivity index (χ0) is 14.9. The number of amides is 1. The molecule has 20 heavy (non-hydrogen) atoms. The van der Waals surface area contributed by atoms with Gasteiger partial charge >= 0.3 is 0 Å². The third-order valence-corrected chi connectivity index (χ3v) is 4.04. The molecule has 0 aliphatic carbocycles. The lowest BCUT2D eigenvalue weighted by atomic mass is 10.0. The van der Waals surface area contributed by atoms with Gasteiger partial charge in [-0.05, 0) is 44.2 Å². The zero-order valence-corrected chi connectivity index (χ0v) is 13.2. The van der Waals surface area contributed by atoms with E-state index in [1.807, 2.05) is 11.8 Å². The average molecular weight is 274 g/mol. The van der Waals surface area contributed by atoms with E-state index in [0.717, 1.165) is 13.0 Å². The van der Waals surface area contributed by atoms with Gasteiger partial charge in [0.15, 0.2) is 0 Å². The van der Waals surface area contributed by atoms with Crippen molar-refractivity contribution in [3.63, 3.8) is 0 Å². The molecule has 3 nitrogen and oxygen atoms in total. The summed E-state index contributed by atoms with van der Waals surface area (Å²) in [5.41, 5.74) is 3.73. The van der Waals surface area contributed by atoms with Crippen LogP contribution in [0, 0.1) is 19.8 Å². The SMILES string of the molecule is Cc1ccc(C2NC(C)C(=O)N2CCC(C)C)c(C)c1. The Morgan fingerprint density at radius 2 is 2.00 bits per heavy atom. The molecule has 1 fully saturated rings. The molecule has 2 rings (SSSR count). The van der Waals surface area contributed by atoms with Crippen LogP contribution in [0.25, 0.3) is 0 Å². The monoisotopic (exact) mass is 274 g/mol. The van der Waals surface area contributed by atoms with Crippen LogP contribution in [0.15, 0.2) is 18.2 Å². The van der Waals surface area contributed by atoms with E-state index in [4.69, 9.17) is 0 Å². The summed E-state index contributed by atoms with van der Waals surface area (Å²) in [5.74, 6) is 0.828. The molecule has 3 heteroatoms. The average Bonchev–Trinajstić information content (AvgIpc) is 2.63. The van der Waals surface area contributed by atoms with Gasteiger partial charge in [-0.2, -0.15) is 0 Å². The lowest BCUT2D eigenvalue weighted by molar-refractivity contribution is -0.130. The zero-order valence-electron chi connectivity index (χ0n) is 13.2. The number of nitrogens with one attached hydrogen (secondary N) is 1. The molecular formula is C17H26N2O. The molecule has 110 valence electrons. The van der Waals surface area contributed by atoms with Gasteiger partial charge in [0.25, 0.3) is 0 Å². The Morgan fingerprint density at radius 3 is 2.60 bits per heavy atom. The maximum atomic E-state index is 12.3. The first-order valence-electron chi connectivity index (χ1n) is 7.54. The molecule has 1 amide bonds. The number of nitrogens with zero attached hydrogens (tertiary/aromatic N) is 1. The summed E-state index contributed by atoms with van der Waals surface area (Å²) in [6.45, 7) is 11.4. The van der Waals surface area contributed by atoms with Crippen molar-refractivity contribution in [3.8, 4) is 0 Å². The normalized spacial score (nSPS) is 22.9. The third kappa shape index (κ3) is 3.04. The van der Waals surface area contributed by atoms with E-state index in [-0.39, 0.29) is 18.1 Å². The van der Waals surface area contributed by atoms with Crippen molar-refractivity contribution < 1.29 is 4.79 Å². The number of carbonyl (C=O) groups excluding carboxylic acids is 1. The van der Waals surface area contributed by atoms with E-state index in [0.29, 0.717) is 5.92 Å². The van der Waals surface area contributed by atoms with Gasteiger partial charge in [0.1, 0.15) is 6.17 Å². The molecule has 0 spiro atoms. The van der Waals surface area contributed by atoms with E-state index < -0.39 is 0 Å². The molecule has 1 aliphatic rings. The summed E-state index contributed by atoms with van der Waals surface area (Å²) < 4.78 is 0. The number of hydrogen-bond acceptors (Lipinski definition) is 2. The molecule has 1 aromatic carbocycles. The Hall–Kier alpha value is -1.35. The standard InChI is InChI=1S/C17H26N2O/c1-11(2)8-9-19-16(18-14(5)17(19)20)15-7-6-12(3)10-13(15)4/h6-7,10-11,14,16,18H,8-9H2,1-5H3. The van der Waals surface area contributed by atoms with Crippen molar-refractivity contribution in [1.29, 1.82) is 0 Å². The first kappa shape index (κ1) is 15.0. The van der Waals surface area contributed by atoms with Gasteiger partial charge in [-0.1, -0.05) is 37.6 Å². The molecule has 1 N–H and O–H groups in total. The van der Waals surface area contributed by atoms with Crippen LogP contribution in [0.3, 0.4) is 0 Å². The van der Waals surface area contributed by atoms with Crippen LogP contribution in [-0.2, 0) is 4.79 Å². The predicted molar refractivity (Wildman–Crippen MR) is 82.4 cm³/mol. The molecule has 1 saturated heterocycles. The van der Waals surface area contributed by atoms with E-state index in [9.17, 15) is 4.79 Å². The summed E-state index contributed by atoms with van der Waals surface area (Å²) in [6.07, 6.45) is 1.07. The van der Waals surface area contributed by atoms with Gasteiger partial charge in [0.05, 0.1) is 6.04 Å². The minimum atomic E-state index is -0.0899. The predicted octanol–water partition coefficient (Wildman–Crippen LogP) is 3.17. The highest BCUT2D eigenvalue weighted by molar-refractivity contribution is 5.84. The largest absolute Gasteiger partial charge is 0.322 e. The van der Waals surface area contributed by atoms with Crippen LogP contribution in [0.1, 0.15) is 50.0 Å². The third-order valence-electron chi connectivity index (χ3n) is 4.04. The molecule has 2 atom stereocenters. The topological polar surface area (TPSA) is 32.3 Å². The molecule has 1 heterocycles. The van der Waals surface area contributed by atoms with Crippen LogP contribution >= 0.6 is 0 Å². The highest BCUT2D eigenvalue weighted by atomic mass is 16.2. The summed E-state index contributed by atoms with van der Waals surface area (Å²) in [6, 6.07) is 6.37.